The van der Waals surface area contributed by atoms with Crippen LogP contribution < -0.4 is 5.32 Å². The summed E-state index contributed by atoms with van der Waals surface area (Å²) >= 11 is 0. The fraction of sp³-hybridized carbons (Fsp3) is 0.412. The molecule has 0 spiro atoms. The highest BCUT2D eigenvalue weighted by Crippen LogP contribution is 2.35. The molecule has 8 heteroatoms. The van der Waals surface area contributed by atoms with E-state index in [1.165, 1.54) is 30.1 Å². The molecule has 134 valence electrons. The lowest BCUT2D eigenvalue weighted by atomic mass is 9.94. The minimum Gasteiger partial charge on any atom is -0.462 e. The van der Waals surface area contributed by atoms with Gasteiger partial charge in [-0.15, -0.1) is 0 Å². The van der Waals surface area contributed by atoms with Crippen LogP contribution in [0.1, 0.15) is 32.4 Å². The van der Waals surface area contributed by atoms with Crippen LogP contribution in [0.2, 0.25) is 0 Å². The molecular formula is C17H21N3O5. The van der Waals surface area contributed by atoms with E-state index in [0.717, 1.165) is 0 Å². The molecular weight excluding hydrogens is 326 g/mol. The molecule has 1 aromatic rings. The summed E-state index contributed by atoms with van der Waals surface area (Å²) in [5.74, 6) is -0.452. The number of nitro benzene ring substituents is 1. The summed E-state index contributed by atoms with van der Waals surface area (Å²) in [6.45, 7) is 5.65. The summed E-state index contributed by atoms with van der Waals surface area (Å²) in [5.41, 5.74) is 0.668. The van der Waals surface area contributed by atoms with Gasteiger partial charge in [-0.3, -0.25) is 10.1 Å². The van der Waals surface area contributed by atoms with E-state index >= 15 is 0 Å². The number of ether oxygens (including phenoxy) is 1. The van der Waals surface area contributed by atoms with Crippen molar-refractivity contribution >= 4 is 17.7 Å². The maximum atomic E-state index is 12.6. The number of hydrogen-bond donors (Lipinski definition) is 1. The molecule has 0 saturated carbocycles. The van der Waals surface area contributed by atoms with Crippen molar-refractivity contribution in [1.29, 1.82) is 0 Å². The van der Waals surface area contributed by atoms with Gasteiger partial charge in [0.15, 0.2) is 0 Å². The molecule has 0 aliphatic carbocycles. The average Bonchev–Trinajstić information content (AvgIpc) is 2.57. The Labute approximate surface area is 145 Å². The molecule has 0 aromatic heterocycles. The molecule has 0 bridgehead atoms. The highest BCUT2D eigenvalue weighted by Gasteiger charge is 2.37. The van der Waals surface area contributed by atoms with Gasteiger partial charge in [0, 0.05) is 18.8 Å². The van der Waals surface area contributed by atoms with Crippen molar-refractivity contribution in [1.82, 2.24) is 10.2 Å². The first-order chi connectivity index (χ1) is 11.7. The summed E-state index contributed by atoms with van der Waals surface area (Å²) in [6, 6.07) is 4.64. The zero-order valence-corrected chi connectivity index (χ0v) is 14.6. The van der Waals surface area contributed by atoms with Crippen molar-refractivity contribution in [2.24, 2.45) is 5.92 Å². The Kier molecular flexibility index (Phi) is 5.41. The molecule has 1 aliphatic rings. The van der Waals surface area contributed by atoms with E-state index in [0.29, 0.717) is 5.70 Å². The summed E-state index contributed by atoms with van der Waals surface area (Å²) in [4.78, 5) is 36.9. The number of esters is 1. The highest BCUT2D eigenvalue weighted by atomic mass is 16.6. The Balaban J connectivity index is 2.52. The number of nitrogens with zero attached hydrogens (tertiary/aromatic N) is 2. The highest BCUT2D eigenvalue weighted by molar-refractivity contribution is 5.95. The Morgan fingerprint density at radius 1 is 1.40 bits per heavy atom. The summed E-state index contributed by atoms with van der Waals surface area (Å²) < 4.78 is 5.30. The molecule has 0 saturated heterocycles. The van der Waals surface area contributed by atoms with E-state index in [2.05, 4.69) is 5.32 Å². The van der Waals surface area contributed by atoms with Gasteiger partial charge in [0.1, 0.15) is 0 Å². The van der Waals surface area contributed by atoms with Gasteiger partial charge in [0.05, 0.1) is 28.7 Å². The lowest BCUT2D eigenvalue weighted by Crippen LogP contribution is -2.46. The molecule has 1 aliphatic heterocycles. The van der Waals surface area contributed by atoms with E-state index in [1.807, 2.05) is 13.8 Å². The number of hydrogen-bond acceptors (Lipinski definition) is 5. The SMILES string of the molecule is CC1=C(C(=O)OCC(C)C)[C@H](c2ccccc2[N+](=O)[O-])NC(=O)N1C. The predicted octanol–water partition coefficient (Wildman–Crippen LogP) is 2.76. The van der Waals surface area contributed by atoms with Crippen LogP contribution >= 0.6 is 0 Å². The zero-order valence-electron chi connectivity index (χ0n) is 14.6. The van der Waals surface area contributed by atoms with Crippen molar-refractivity contribution in [3.8, 4) is 0 Å². The minimum absolute atomic E-state index is 0.144. The fourth-order valence-electron chi connectivity index (χ4n) is 2.55. The van der Waals surface area contributed by atoms with E-state index < -0.39 is 23.0 Å². The van der Waals surface area contributed by atoms with Gasteiger partial charge in [0.2, 0.25) is 0 Å². The number of para-hydroxylation sites is 1. The smallest absolute Gasteiger partial charge is 0.338 e. The lowest BCUT2D eigenvalue weighted by Gasteiger charge is -2.33. The average molecular weight is 347 g/mol. The summed E-state index contributed by atoms with van der Waals surface area (Å²) in [6.07, 6.45) is 0. The Morgan fingerprint density at radius 2 is 2.04 bits per heavy atom. The molecule has 0 unspecified atom stereocenters. The van der Waals surface area contributed by atoms with Crippen molar-refractivity contribution in [3.05, 3.63) is 51.2 Å². The lowest BCUT2D eigenvalue weighted by molar-refractivity contribution is -0.385. The first kappa shape index (κ1) is 18.4. The number of carbonyl (C=O) groups excluding carboxylic acids is 2. The second-order valence-corrected chi connectivity index (χ2v) is 6.25. The molecule has 1 N–H and O–H groups in total. The normalized spacial score (nSPS) is 17.6. The van der Waals surface area contributed by atoms with E-state index in [4.69, 9.17) is 4.74 Å². The molecule has 25 heavy (non-hydrogen) atoms. The van der Waals surface area contributed by atoms with Crippen LogP contribution in [0.25, 0.3) is 0 Å². The number of carbonyl (C=O) groups is 2. The third-order valence-corrected chi connectivity index (χ3v) is 3.97. The number of allylic oxidation sites excluding steroid dienone is 1. The minimum atomic E-state index is -0.940. The third-order valence-electron chi connectivity index (χ3n) is 3.97. The molecule has 1 atom stereocenters. The largest absolute Gasteiger partial charge is 0.462 e. The number of rotatable bonds is 5. The quantitative estimate of drug-likeness (QED) is 0.501. The van der Waals surface area contributed by atoms with Gasteiger partial charge < -0.3 is 15.0 Å². The third kappa shape index (κ3) is 3.78. The monoisotopic (exact) mass is 347 g/mol. The molecule has 8 nitrogen and oxygen atoms in total. The fourth-order valence-corrected chi connectivity index (χ4v) is 2.55. The van der Waals surface area contributed by atoms with E-state index in [1.54, 1.807) is 13.0 Å². The number of nitrogens with one attached hydrogen (secondary N) is 1. The van der Waals surface area contributed by atoms with Gasteiger partial charge in [-0.2, -0.15) is 0 Å². The number of urea groups is 1. The first-order valence-corrected chi connectivity index (χ1v) is 7.89. The number of benzene rings is 1. The van der Waals surface area contributed by atoms with Crippen molar-refractivity contribution in [2.75, 3.05) is 13.7 Å². The van der Waals surface area contributed by atoms with Crippen molar-refractivity contribution in [2.45, 2.75) is 26.8 Å². The number of amides is 2. The van der Waals surface area contributed by atoms with Gasteiger partial charge in [-0.05, 0) is 18.9 Å². The molecule has 2 rings (SSSR count). The van der Waals surface area contributed by atoms with Crippen LogP contribution in [0.5, 0.6) is 0 Å². The second-order valence-electron chi connectivity index (χ2n) is 6.25. The molecule has 0 radical (unpaired) electrons. The van der Waals surface area contributed by atoms with E-state index in [9.17, 15) is 19.7 Å². The topological polar surface area (TPSA) is 102 Å². The Morgan fingerprint density at radius 3 is 2.64 bits per heavy atom. The number of nitro groups is 1. The van der Waals surface area contributed by atoms with Crippen LogP contribution in [0.3, 0.4) is 0 Å². The standard InChI is InChI=1S/C17H21N3O5/c1-10(2)9-25-16(21)14-11(3)19(4)17(22)18-15(14)12-7-5-6-8-13(12)20(23)24/h5-8,10,15H,9H2,1-4H3,(H,18,22)/t15-/m0/s1. The molecule has 0 fully saturated rings. The van der Waals surface area contributed by atoms with Crippen LogP contribution in [-0.2, 0) is 9.53 Å². The molecule has 1 heterocycles. The molecule has 2 amide bonds. The first-order valence-electron chi connectivity index (χ1n) is 7.89. The van der Waals surface area contributed by atoms with E-state index in [-0.39, 0.29) is 29.3 Å². The summed E-state index contributed by atoms with van der Waals surface area (Å²) in [5, 5.41) is 14.0. The van der Waals surface area contributed by atoms with Gasteiger partial charge in [-0.25, -0.2) is 9.59 Å². The van der Waals surface area contributed by atoms with Crippen LogP contribution in [-0.4, -0.2) is 35.5 Å². The van der Waals surface area contributed by atoms with Gasteiger partial charge in [-0.1, -0.05) is 26.0 Å². The second kappa shape index (κ2) is 7.33. The zero-order chi connectivity index (χ0) is 18.7. The van der Waals surface area contributed by atoms with Crippen molar-refractivity contribution < 1.29 is 19.2 Å². The van der Waals surface area contributed by atoms with Gasteiger partial charge >= 0.3 is 12.0 Å². The van der Waals surface area contributed by atoms with Gasteiger partial charge in [0.25, 0.3) is 5.69 Å². The van der Waals surface area contributed by atoms with Crippen LogP contribution in [0, 0.1) is 16.0 Å². The maximum absolute atomic E-state index is 12.6. The van der Waals surface area contributed by atoms with Crippen molar-refractivity contribution in [3.63, 3.8) is 0 Å². The summed E-state index contributed by atoms with van der Waals surface area (Å²) in [7, 11) is 1.52. The Bertz CT molecular complexity index is 742. The van der Waals surface area contributed by atoms with Crippen LogP contribution in [0.4, 0.5) is 10.5 Å². The maximum Gasteiger partial charge on any atom is 0.338 e. The Hall–Kier alpha value is -2.90. The van der Waals surface area contributed by atoms with Crippen LogP contribution in [0.15, 0.2) is 35.5 Å². The predicted molar refractivity (Wildman–Crippen MR) is 90.6 cm³/mol. The molecule has 1 aromatic carbocycles.